The van der Waals surface area contributed by atoms with Crippen molar-refractivity contribution in [3.63, 3.8) is 0 Å². The second-order valence-corrected chi connectivity index (χ2v) is 4.81. The summed E-state index contributed by atoms with van der Waals surface area (Å²) in [5, 5.41) is 19.5. The van der Waals surface area contributed by atoms with E-state index in [1.807, 2.05) is 10.6 Å². The van der Waals surface area contributed by atoms with Crippen molar-refractivity contribution in [1.29, 1.82) is 0 Å². The minimum atomic E-state index is -2.71. The van der Waals surface area contributed by atoms with Gasteiger partial charge >= 0.3 is 6.09 Å². The molecule has 0 unspecified atom stereocenters. The summed E-state index contributed by atoms with van der Waals surface area (Å²) in [7, 11) is 1.80. The predicted molar refractivity (Wildman–Crippen MR) is 73.9 cm³/mol. The molecule has 0 fully saturated rings. The zero-order chi connectivity index (χ0) is 15.6. The van der Waals surface area contributed by atoms with E-state index < -0.39 is 19.1 Å². The highest BCUT2D eigenvalue weighted by molar-refractivity contribution is 5.89. The van der Waals surface area contributed by atoms with Crippen LogP contribution in [0.3, 0.4) is 0 Å². The van der Waals surface area contributed by atoms with Crippen LogP contribution >= 0.6 is 0 Å². The van der Waals surface area contributed by atoms with E-state index in [-0.39, 0.29) is 18.7 Å². The minimum absolute atomic E-state index is 0.0485. The van der Waals surface area contributed by atoms with Gasteiger partial charge in [-0.3, -0.25) is 0 Å². The van der Waals surface area contributed by atoms with Gasteiger partial charge in [-0.05, 0) is 24.1 Å². The van der Waals surface area contributed by atoms with Gasteiger partial charge in [0, 0.05) is 25.2 Å². The standard InChI is InChI=1S/C14H16F2N2O3/c1-17-7-9(13-10(17)3-2-4-11(13)19)5-6-18(14(20)21)8-12(15)16/h2-4,7,12,19H,5-6,8H2,1H3,(H,20,21). The topological polar surface area (TPSA) is 65.7 Å². The van der Waals surface area contributed by atoms with Crippen molar-refractivity contribution >= 4 is 17.0 Å². The smallest absolute Gasteiger partial charge is 0.407 e. The second-order valence-electron chi connectivity index (χ2n) is 4.81. The highest BCUT2D eigenvalue weighted by Gasteiger charge is 2.18. The predicted octanol–water partition coefficient (Wildman–Crippen LogP) is 2.67. The van der Waals surface area contributed by atoms with Gasteiger partial charge in [-0.25, -0.2) is 13.6 Å². The Balaban J connectivity index is 2.22. The SMILES string of the molecule is Cn1cc(CCN(CC(F)F)C(=O)O)c2c(O)cccc21. The molecule has 1 amide bonds. The number of carbonyl (C=O) groups is 1. The van der Waals surface area contributed by atoms with Crippen LogP contribution in [-0.4, -0.2) is 45.3 Å². The van der Waals surface area contributed by atoms with E-state index in [0.717, 1.165) is 11.1 Å². The van der Waals surface area contributed by atoms with Gasteiger partial charge in [-0.1, -0.05) is 6.07 Å². The largest absolute Gasteiger partial charge is 0.507 e. The molecular formula is C14H16F2N2O3. The summed E-state index contributed by atoms with van der Waals surface area (Å²) < 4.78 is 26.5. The van der Waals surface area contributed by atoms with Crippen molar-refractivity contribution in [1.82, 2.24) is 9.47 Å². The van der Waals surface area contributed by atoms with Crippen LogP contribution in [0.2, 0.25) is 0 Å². The zero-order valence-corrected chi connectivity index (χ0v) is 11.5. The third kappa shape index (κ3) is 3.24. The molecule has 1 heterocycles. The number of hydrogen-bond acceptors (Lipinski definition) is 2. The summed E-state index contributed by atoms with van der Waals surface area (Å²) in [5.41, 5.74) is 1.53. The first-order valence-corrected chi connectivity index (χ1v) is 6.42. The Morgan fingerprint density at radius 1 is 1.43 bits per heavy atom. The number of amides is 1. The molecule has 0 aliphatic rings. The first kappa shape index (κ1) is 15.1. The van der Waals surface area contributed by atoms with Gasteiger partial charge in [0.15, 0.2) is 0 Å². The molecule has 0 spiro atoms. The lowest BCUT2D eigenvalue weighted by Crippen LogP contribution is -2.35. The van der Waals surface area contributed by atoms with E-state index in [4.69, 9.17) is 5.11 Å². The van der Waals surface area contributed by atoms with Crippen LogP contribution < -0.4 is 0 Å². The number of aromatic nitrogens is 1. The van der Waals surface area contributed by atoms with E-state index in [2.05, 4.69) is 0 Å². The Labute approximate surface area is 120 Å². The van der Waals surface area contributed by atoms with Crippen LogP contribution in [0.25, 0.3) is 10.9 Å². The lowest BCUT2D eigenvalue weighted by atomic mass is 10.1. The maximum absolute atomic E-state index is 12.3. The van der Waals surface area contributed by atoms with E-state index in [9.17, 15) is 18.7 Å². The average molecular weight is 298 g/mol. The molecule has 5 nitrogen and oxygen atoms in total. The van der Waals surface area contributed by atoms with Gasteiger partial charge in [0.05, 0.1) is 12.1 Å². The number of phenols is 1. The fourth-order valence-corrected chi connectivity index (χ4v) is 2.40. The molecule has 1 aromatic carbocycles. The lowest BCUT2D eigenvalue weighted by Gasteiger charge is -2.18. The number of rotatable bonds is 5. The number of fused-ring (bicyclic) bond motifs is 1. The minimum Gasteiger partial charge on any atom is -0.507 e. The number of benzene rings is 1. The van der Waals surface area contributed by atoms with Crippen molar-refractivity contribution < 1.29 is 23.8 Å². The van der Waals surface area contributed by atoms with Crippen LogP contribution in [0.15, 0.2) is 24.4 Å². The highest BCUT2D eigenvalue weighted by Crippen LogP contribution is 2.29. The van der Waals surface area contributed by atoms with Crippen molar-refractivity contribution in [3.8, 4) is 5.75 Å². The van der Waals surface area contributed by atoms with Gasteiger partial charge in [-0.15, -0.1) is 0 Å². The quantitative estimate of drug-likeness (QED) is 0.892. The Kier molecular flexibility index (Phi) is 4.30. The molecule has 0 saturated carbocycles. The van der Waals surface area contributed by atoms with Crippen LogP contribution in [0.5, 0.6) is 5.75 Å². The molecular weight excluding hydrogens is 282 g/mol. The number of alkyl halides is 2. The first-order valence-electron chi connectivity index (χ1n) is 6.42. The van der Waals surface area contributed by atoms with E-state index in [0.29, 0.717) is 10.3 Å². The normalized spacial score (nSPS) is 11.2. The molecule has 0 saturated heterocycles. The third-order valence-electron chi connectivity index (χ3n) is 3.35. The molecule has 2 rings (SSSR count). The van der Waals surface area contributed by atoms with Gasteiger partial charge in [0.2, 0.25) is 0 Å². The van der Waals surface area contributed by atoms with E-state index >= 15 is 0 Å². The Bertz CT molecular complexity index is 655. The molecule has 7 heteroatoms. The third-order valence-corrected chi connectivity index (χ3v) is 3.35. The number of aromatic hydroxyl groups is 1. The molecule has 0 atom stereocenters. The fraction of sp³-hybridized carbons (Fsp3) is 0.357. The molecule has 0 bridgehead atoms. The molecule has 0 radical (unpaired) electrons. The van der Waals surface area contributed by atoms with Crippen molar-refractivity contribution in [2.24, 2.45) is 7.05 Å². The van der Waals surface area contributed by atoms with Crippen LogP contribution in [0, 0.1) is 0 Å². The highest BCUT2D eigenvalue weighted by atomic mass is 19.3. The summed E-state index contributed by atoms with van der Waals surface area (Å²) in [4.78, 5) is 11.6. The van der Waals surface area contributed by atoms with Crippen molar-refractivity contribution in [2.45, 2.75) is 12.8 Å². The Morgan fingerprint density at radius 3 is 2.76 bits per heavy atom. The van der Waals surface area contributed by atoms with E-state index in [1.165, 1.54) is 0 Å². The molecule has 114 valence electrons. The summed E-state index contributed by atoms with van der Waals surface area (Å²) >= 11 is 0. The molecule has 2 aromatic rings. The average Bonchev–Trinajstić information content (AvgIpc) is 2.72. The lowest BCUT2D eigenvalue weighted by molar-refractivity contribution is 0.0803. The summed E-state index contributed by atoms with van der Waals surface area (Å²) in [5.74, 6) is 0.0961. The summed E-state index contributed by atoms with van der Waals surface area (Å²) in [6.45, 7) is -0.862. The number of nitrogens with zero attached hydrogens (tertiary/aromatic N) is 2. The van der Waals surface area contributed by atoms with Crippen LogP contribution in [0.1, 0.15) is 5.56 Å². The molecule has 0 aliphatic carbocycles. The number of carboxylic acid groups (broad SMARTS) is 1. The second kappa shape index (κ2) is 5.99. The molecule has 21 heavy (non-hydrogen) atoms. The zero-order valence-electron chi connectivity index (χ0n) is 11.5. The van der Waals surface area contributed by atoms with Gasteiger partial charge in [0.25, 0.3) is 6.43 Å². The first-order chi connectivity index (χ1) is 9.90. The van der Waals surface area contributed by atoms with E-state index in [1.54, 1.807) is 25.4 Å². The number of halogens is 2. The number of phenolic OH excluding ortho intramolecular Hbond substituents is 1. The fourth-order valence-electron chi connectivity index (χ4n) is 2.40. The van der Waals surface area contributed by atoms with Crippen LogP contribution in [0.4, 0.5) is 13.6 Å². The number of aryl methyl sites for hydroxylation is 1. The van der Waals surface area contributed by atoms with Gasteiger partial charge in [0.1, 0.15) is 5.75 Å². The van der Waals surface area contributed by atoms with Gasteiger partial charge in [-0.2, -0.15) is 0 Å². The maximum Gasteiger partial charge on any atom is 0.407 e. The van der Waals surface area contributed by atoms with Crippen molar-refractivity contribution in [3.05, 3.63) is 30.0 Å². The van der Waals surface area contributed by atoms with Crippen molar-refractivity contribution in [2.75, 3.05) is 13.1 Å². The molecule has 0 aliphatic heterocycles. The monoisotopic (exact) mass is 298 g/mol. The summed E-state index contributed by atoms with van der Waals surface area (Å²) in [6.07, 6.45) is -2.05. The molecule has 1 aromatic heterocycles. The molecule has 2 N–H and O–H groups in total. The number of hydrogen-bond donors (Lipinski definition) is 2. The summed E-state index contributed by atoms with van der Waals surface area (Å²) in [6, 6.07) is 5.08. The maximum atomic E-state index is 12.3. The van der Waals surface area contributed by atoms with Gasteiger partial charge < -0.3 is 19.7 Å². The Morgan fingerprint density at radius 2 is 2.14 bits per heavy atom. The Hall–Kier alpha value is -2.31. The van der Waals surface area contributed by atoms with Crippen LogP contribution in [-0.2, 0) is 13.5 Å².